The van der Waals surface area contributed by atoms with Gasteiger partial charge >= 0.3 is 0 Å². The van der Waals surface area contributed by atoms with Gasteiger partial charge in [0.05, 0.1) is 39.6 Å². The summed E-state index contributed by atoms with van der Waals surface area (Å²) in [6, 6.07) is 6.31. The van der Waals surface area contributed by atoms with E-state index in [1.54, 1.807) is 24.3 Å². The van der Waals surface area contributed by atoms with Crippen LogP contribution in [0, 0.1) is 0 Å². The molecule has 8 nitrogen and oxygen atoms in total. The topological polar surface area (TPSA) is 112 Å². The summed E-state index contributed by atoms with van der Waals surface area (Å²) in [6.45, 7) is 0. The van der Waals surface area contributed by atoms with Crippen LogP contribution in [0.2, 0.25) is 0 Å². The number of benzene rings is 2. The maximum Gasteiger partial charge on any atom is 0.203 e. The van der Waals surface area contributed by atoms with Crippen molar-refractivity contribution in [3.63, 3.8) is 0 Å². The lowest BCUT2D eigenvalue weighted by Gasteiger charge is -2.12. The SMILES string of the molecule is COc1ccc(C(=O)CCCCCCCCC(=O)c2ccc(OC)c(OC)c2O)c(O)c1OC. The molecule has 0 bridgehead atoms. The molecule has 0 atom stereocenters. The first-order valence-electron chi connectivity index (χ1n) is 11.3. The Hall–Kier alpha value is -3.42. The number of rotatable bonds is 15. The minimum Gasteiger partial charge on any atom is -0.504 e. The van der Waals surface area contributed by atoms with Crippen molar-refractivity contribution in [2.45, 2.75) is 51.4 Å². The molecule has 8 heteroatoms. The summed E-state index contributed by atoms with van der Waals surface area (Å²) >= 11 is 0. The van der Waals surface area contributed by atoms with Crippen molar-refractivity contribution in [2.75, 3.05) is 28.4 Å². The molecule has 0 spiro atoms. The van der Waals surface area contributed by atoms with Crippen molar-refractivity contribution in [2.24, 2.45) is 0 Å². The number of hydrogen-bond acceptors (Lipinski definition) is 8. The molecule has 0 saturated heterocycles. The van der Waals surface area contributed by atoms with E-state index in [2.05, 4.69) is 0 Å². The van der Waals surface area contributed by atoms with Crippen molar-refractivity contribution < 1.29 is 38.7 Å². The van der Waals surface area contributed by atoms with Crippen LogP contribution in [-0.2, 0) is 0 Å². The van der Waals surface area contributed by atoms with Crippen molar-refractivity contribution in [1.29, 1.82) is 0 Å². The summed E-state index contributed by atoms with van der Waals surface area (Å²) < 4.78 is 20.5. The molecule has 0 radical (unpaired) electrons. The van der Waals surface area contributed by atoms with Gasteiger partial charge in [-0.25, -0.2) is 0 Å². The van der Waals surface area contributed by atoms with Gasteiger partial charge in [0.2, 0.25) is 11.5 Å². The van der Waals surface area contributed by atoms with Crippen LogP contribution in [0.15, 0.2) is 24.3 Å². The average molecular weight is 475 g/mol. The van der Waals surface area contributed by atoms with Crippen LogP contribution in [0.1, 0.15) is 72.1 Å². The summed E-state index contributed by atoms with van der Waals surface area (Å²) in [5, 5.41) is 20.6. The van der Waals surface area contributed by atoms with Gasteiger partial charge < -0.3 is 29.2 Å². The van der Waals surface area contributed by atoms with E-state index >= 15 is 0 Å². The normalized spacial score (nSPS) is 10.6. The third kappa shape index (κ3) is 6.56. The fraction of sp³-hybridized carbons (Fsp3) is 0.462. The quantitative estimate of drug-likeness (QED) is 0.264. The molecule has 186 valence electrons. The second-order valence-corrected chi connectivity index (χ2v) is 7.86. The first-order valence-corrected chi connectivity index (χ1v) is 11.3. The largest absolute Gasteiger partial charge is 0.504 e. The molecule has 0 amide bonds. The predicted octanol–water partition coefficient (Wildman–Crippen LogP) is 5.32. The van der Waals surface area contributed by atoms with Crippen LogP contribution in [0.4, 0.5) is 0 Å². The second kappa shape index (κ2) is 13.3. The number of phenols is 2. The third-order valence-electron chi connectivity index (χ3n) is 5.70. The smallest absolute Gasteiger partial charge is 0.203 e. The number of ether oxygens (including phenoxy) is 4. The molecule has 0 aromatic heterocycles. The number of unbranched alkanes of at least 4 members (excludes halogenated alkanes) is 5. The van der Waals surface area contributed by atoms with Crippen LogP contribution >= 0.6 is 0 Å². The lowest BCUT2D eigenvalue weighted by molar-refractivity contribution is 0.0966. The fourth-order valence-electron chi connectivity index (χ4n) is 3.82. The van der Waals surface area contributed by atoms with Crippen LogP contribution in [0.3, 0.4) is 0 Å². The van der Waals surface area contributed by atoms with E-state index in [9.17, 15) is 19.8 Å². The minimum atomic E-state index is -0.197. The van der Waals surface area contributed by atoms with E-state index < -0.39 is 0 Å². The van der Waals surface area contributed by atoms with Crippen molar-refractivity contribution in [1.82, 2.24) is 0 Å². The molecular formula is C26H34O8. The zero-order chi connectivity index (χ0) is 25.1. The van der Waals surface area contributed by atoms with Crippen LogP contribution in [0.25, 0.3) is 0 Å². The minimum absolute atomic E-state index is 0.140. The number of hydrogen-bond donors (Lipinski definition) is 2. The number of carbonyl (C=O) groups is 2. The Morgan fingerprint density at radius 3 is 1.26 bits per heavy atom. The zero-order valence-corrected chi connectivity index (χ0v) is 20.3. The van der Waals surface area contributed by atoms with E-state index in [0.717, 1.165) is 25.7 Å². The standard InChI is InChI=1S/C26H34O8/c1-31-21-15-13-17(23(29)25(21)33-3)19(27)11-9-7-5-6-8-10-12-20(28)18-14-16-22(32-2)26(34-4)24(18)30/h13-16,29-30H,5-12H2,1-4H3. The van der Waals surface area contributed by atoms with Gasteiger partial charge in [-0.05, 0) is 37.1 Å². The molecule has 2 aromatic rings. The second-order valence-electron chi connectivity index (χ2n) is 7.86. The Morgan fingerprint density at radius 2 is 0.941 bits per heavy atom. The molecule has 34 heavy (non-hydrogen) atoms. The Labute approximate surface area is 200 Å². The summed E-state index contributed by atoms with van der Waals surface area (Å²) in [5.74, 6) is 0.382. The molecular weight excluding hydrogens is 440 g/mol. The molecule has 0 unspecified atom stereocenters. The summed E-state index contributed by atoms with van der Waals surface area (Å²) in [7, 11) is 5.76. The number of carbonyl (C=O) groups excluding carboxylic acids is 2. The Bertz CT molecular complexity index is 904. The summed E-state index contributed by atoms with van der Waals surface area (Å²) in [6.07, 6.45) is 5.74. The van der Waals surface area contributed by atoms with E-state index in [1.807, 2.05) is 0 Å². The van der Waals surface area contributed by atoms with Crippen molar-refractivity contribution in [3.8, 4) is 34.5 Å². The zero-order valence-electron chi connectivity index (χ0n) is 20.3. The van der Waals surface area contributed by atoms with Gasteiger partial charge in [-0.2, -0.15) is 0 Å². The maximum absolute atomic E-state index is 12.5. The highest BCUT2D eigenvalue weighted by atomic mass is 16.5. The van der Waals surface area contributed by atoms with Crippen LogP contribution < -0.4 is 18.9 Å². The molecule has 0 aliphatic rings. The van der Waals surface area contributed by atoms with E-state index in [1.165, 1.54) is 28.4 Å². The first kappa shape index (κ1) is 26.8. The van der Waals surface area contributed by atoms with E-state index in [0.29, 0.717) is 37.2 Å². The van der Waals surface area contributed by atoms with Gasteiger partial charge in [0, 0.05) is 12.8 Å². The Morgan fingerprint density at radius 1 is 0.588 bits per heavy atom. The van der Waals surface area contributed by atoms with Crippen LogP contribution in [-0.4, -0.2) is 50.2 Å². The average Bonchev–Trinajstić information content (AvgIpc) is 2.84. The fourth-order valence-corrected chi connectivity index (χ4v) is 3.82. The highest BCUT2D eigenvalue weighted by molar-refractivity contribution is 6.00. The molecule has 2 rings (SSSR count). The molecule has 0 aliphatic carbocycles. The van der Waals surface area contributed by atoms with E-state index in [4.69, 9.17) is 18.9 Å². The van der Waals surface area contributed by atoms with Crippen LogP contribution in [0.5, 0.6) is 34.5 Å². The molecule has 2 aromatic carbocycles. The maximum atomic E-state index is 12.5. The molecule has 0 aliphatic heterocycles. The molecule has 2 N–H and O–H groups in total. The number of phenolic OH excluding ortho intramolecular Hbond substituents is 2. The van der Waals surface area contributed by atoms with Crippen molar-refractivity contribution >= 4 is 11.6 Å². The molecule has 0 saturated carbocycles. The number of ketones is 2. The lowest BCUT2D eigenvalue weighted by atomic mass is 10.0. The monoisotopic (exact) mass is 474 g/mol. The Kier molecular flexibility index (Phi) is 10.5. The highest BCUT2D eigenvalue weighted by Gasteiger charge is 2.20. The summed E-state index contributed by atoms with van der Waals surface area (Å²) in [5.41, 5.74) is 0.462. The molecule has 0 fully saturated rings. The van der Waals surface area contributed by atoms with Gasteiger partial charge in [0.25, 0.3) is 0 Å². The van der Waals surface area contributed by atoms with Crippen molar-refractivity contribution in [3.05, 3.63) is 35.4 Å². The van der Waals surface area contributed by atoms with Gasteiger partial charge in [-0.3, -0.25) is 9.59 Å². The Balaban J connectivity index is 1.70. The number of Topliss-reactive ketones (excluding diaryl/α,β-unsaturated/α-hetero) is 2. The van der Waals surface area contributed by atoms with E-state index in [-0.39, 0.29) is 45.7 Å². The number of aromatic hydroxyl groups is 2. The van der Waals surface area contributed by atoms with Gasteiger partial charge in [-0.15, -0.1) is 0 Å². The first-order chi connectivity index (χ1) is 16.4. The number of methoxy groups -OCH3 is 4. The lowest BCUT2D eigenvalue weighted by Crippen LogP contribution is -2.02. The summed E-state index contributed by atoms with van der Waals surface area (Å²) in [4.78, 5) is 24.9. The molecule has 0 heterocycles. The van der Waals surface area contributed by atoms with Gasteiger partial charge in [0.15, 0.2) is 34.6 Å². The third-order valence-corrected chi connectivity index (χ3v) is 5.70. The van der Waals surface area contributed by atoms with Gasteiger partial charge in [0.1, 0.15) is 0 Å². The highest BCUT2D eigenvalue weighted by Crippen LogP contribution is 2.40. The predicted molar refractivity (Wildman–Crippen MR) is 128 cm³/mol. The van der Waals surface area contributed by atoms with Gasteiger partial charge in [-0.1, -0.05) is 25.7 Å².